The molecule has 2 aromatic carbocycles. The van der Waals surface area contributed by atoms with Crippen LogP contribution < -0.4 is 21.8 Å². The van der Waals surface area contributed by atoms with E-state index in [0.29, 0.717) is 22.3 Å². The van der Waals surface area contributed by atoms with Crippen LogP contribution in [0.2, 0.25) is 0 Å². The van der Waals surface area contributed by atoms with Gasteiger partial charge in [-0.2, -0.15) is 10.5 Å². The average molecular weight is 340 g/mol. The van der Waals surface area contributed by atoms with E-state index in [-0.39, 0.29) is 10.7 Å². The van der Waals surface area contributed by atoms with E-state index in [0.717, 1.165) is 0 Å². The summed E-state index contributed by atoms with van der Waals surface area (Å²) in [6.07, 6.45) is 3.07. The third kappa shape index (κ3) is 3.66. The second-order valence-corrected chi connectivity index (χ2v) is 5.49. The van der Waals surface area contributed by atoms with Crippen LogP contribution >= 0.6 is 0 Å². The van der Waals surface area contributed by atoms with E-state index in [1.807, 2.05) is 12.1 Å². The maximum absolute atomic E-state index is 12.2. The van der Waals surface area contributed by atoms with Crippen LogP contribution in [-0.2, 0) is 0 Å². The molecule has 0 unspecified atom stereocenters. The summed E-state index contributed by atoms with van der Waals surface area (Å²) in [5.41, 5.74) is 1.53. The summed E-state index contributed by atoms with van der Waals surface area (Å²) in [6.45, 7) is 0. The fraction of sp³-hybridized carbons (Fsp3) is 0. The average Bonchev–Trinajstić information content (AvgIpc) is 2.67. The lowest BCUT2D eigenvalue weighted by molar-refractivity contribution is 1.00. The van der Waals surface area contributed by atoms with Crippen LogP contribution in [0.4, 0.5) is 0 Å². The summed E-state index contributed by atoms with van der Waals surface area (Å²) in [5.74, 6) is 0. The molecule has 0 aliphatic rings. The van der Waals surface area contributed by atoms with Crippen molar-refractivity contribution in [3.63, 3.8) is 0 Å². The molecular weight excluding hydrogens is 328 g/mol. The quantitative estimate of drug-likeness (QED) is 0.705. The number of H-pyrrole nitrogens is 2. The lowest BCUT2D eigenvalue weighted by Crippen LogP contribution is -2.46. The van der Waals surface area contributed by atoms with Crippen LogP contribution in [0.5, 0.6) is 0 Å². The molecule has 6 nitrogen and oxygen atoms in total. The molecule has 0 aliphatic carbocycles. The summed E-state index contributed by atoms with van der Waals surface area (Å²) in [4.78, 5) is 29.6. The van der Waals surface area contributed by atoms with Crippen LogP contribution in [0, 0.1) is 22.7 Å². The Labute approximate surface area is 147 Å². The van der Waals surface area contributed by atoms with Gasteiger partial charge in [-0.15, -0.1) is 0 Å². The predicted molar refractivity (Wildman–Crippen MR) is 96.4 cm³/mol. The molecule has 3 rings (SSSR count). The molecule has 0 radical (unpaired) electrons. The SMILES string of the molecule is N#Cc1ccc(/C=c2\[nH]c(=O)/c(=C/c3ccc(C#N)cc3)[nH]c2=O)cc1. The lowest BCUT2D eigenvalue weighted by atomic mass is 10.1. The van der Waals surface area contributed by atoms with Crippen LogP contribution in [0.25, 0.3) is 12.2 Å². The maximum Gasteiger partial charge on any atom is 0.272 e. The smallest absolute Gasteiger partial charge is 0.272 e. The summed E-state index contributed by atoms with van der Waals surface area (Å²) >= 11 is 0. The number of hydrogen-bond donors (Lipinski definition) is 2. The number of hydrogen-bond acceptors (Lipinski definition) is 4. The number of aromatic amines is 2. The fourth-order valence-electron chi connectivity index (χ4n) is 2.34. The van der Waals surface area contributed by atoms with E-state index in [9.17, 15) is 9.59 Å². The summed E-state index contributed by atoms with van der Waals surface area (Å²) in [5, 5.41) is 17.8. The third-order valence-electron chi connectivity index (χ3n) is 3.69. The van der Waals surface area contributed by atoms with Gasteiger partial charge in [-0.25, -0.2) is 0 Å². The van der Waals surface area contributed by atoms with Crippen molar-refractivity contribution in [1.82, 2.24) is 9.97 Å². The largest absolute Gasteiger partial charge is 0.316 e. The van der Waals surface area contributed by atoms with E-state index in [1.54, 1.807) is 48.5 Å². The number of nitrogens with one attached hydrogen (secondary N) is 2. The molecule has 0 aliphatic heterocycles. The zero-order valence-corrected chi connectivity index (χ0v) is 13.5. The van der Waals surface area contributed by atoms with Gasteiger partial charge in [-0.05, 0) is 47.5 Å². The minimum Gasteiger partial charge on any atom is -0.316 e. The highest BCUT2D eigenvalue weighted by Gasteiger charge is 1.98. The second-order valence-electron chi connectivity index (χ2n) is 5.49. The summed E-state index contributed by atoms with van der Waals surface area (Å²) in [7, 11) is 0. The summed E-state index contributed by atoms with van der Waals surface area (Å²) in [6, 6.07) is 17.3. The molecule has 0 amide bonds. The van der Waals surface area contributed by atoms with Crippen molar-refractivity contribution in [2.45, 2.75) is 0 Å². The Kier molecular flexibility index (Phi) is 4.60. The first-order chi connectivity index (χ1) is 12.6. The van der Waals surface area contributed by atoms with Gasteiger partial charge in [-0.3, -0.25) is 9.59 Å². The van der Waals surface area contributed by atoms with Gasteiger partial charge in [-0.1, -0.05) is 24.3 Å². The zero-order valence-electron chi connectivity index (χ0n) is 13.5. The first-order valence-corrected chi connectivity index (χ1v) is 7.65. The molecular formula is C20H12N4O2. The molecule has 0 atom stereocenters. The van der Waals surface area contributed by atoms with E-state index in [2.05, 4.69) is 9.97 Å². The van der Waals surface area contributed by atoms with Crippen LogP contribution in [0.15, 0.2) is 58.1 Å². The Morgan fingerprint density at radius 1 is 0.654 bits per heavy atom. The Morgan fingerprint density at radius 3 is 1.31 bits per heavy atom. The van der Waals surface area contributed by atoms with Crippen molar-refractivity contribution in [2.75, 3.05) is 0 Å². The van der Waals surface area contributed by atoms with Gasteiger partial charge in [0.2, 0.25) is 0 Å². The van der Waals surface area contributed by atoms with E-state index < -0.39 is 11.1 Å². The van der Waals surface area contributed by atoms with E-state index in [1.165, 1.54) is 12.2 Å². The number of nitriles is 2. The van der Waals surface area contributed by atoms with Gasteiger partial charge in [0, 0.05) is 0 Å². The van der Waals surface area contributed by atoms with E-state index >= 15 is 0 Å². The molecule has 3 aromatic rings. The first-order valence-electron chi connectivity index (χ1n) is 7.65. The highest BCUT2D eigenvalue weighted by atomic mass is 16.1. The third-order valence-corrected chi connectivity index (χ3v) is 3.69. The molecule has 0 spiro atoms. The van der Waals surface area contributed by atoms with Gasteiger partial charge in [0.1, 0.15) is 10.7 Å². The zero-order chi connectivity index (χ0) is 18.5. The van der Waals surface area contributed by atoms with Gasteiger partial charge in [0.25, 0.3) is 11.1 Å². The van der Waals surface area contributed by atoms with Crippen molar-refractivity contribution >= 4 is 12.2 Å². The topological polar surface area (TPSA) is 113 Å². The van der Waals surface area contributed by atoms with Crippen LogP contribution in [0.1, 0.15) is 22.3 Å². The number of benzene rings is 2. The molecule has 0 saturated heterocycles. The van der Waals surface area contributed by atoms with Gasteiger partial charge in [0.15, 0.2) is 0 Å². The molecule has 6 heteroatoms. The highest BCUT2D eigenvalue weighted by Crippen LogP contribution is 2.03. The lowest BCUT2D eigenvalue weighted by Gasteiger charge is -1.95. The fourth-order valence-corrected chi connectivity index (χ4v) is 2.34. The Bertz CT molecular complexity index is 1160. The molecule has 1 aromatic heterocycles. The summed E-state index contributed by atoms with van der Waals surface area (Å²) < 4.78 is 0. The standard InChI is InChI=1S/C20H12N4O2/c21-11-15-5-1-13(2-6-15)9-17-19(25)24-18(20(26)23-17)10-14-3-7-16(12-22)8-4-14/h1-10H,(H,23,26)(H,24,25)/b17-9-,18-10-. The Balaban J connectivity index is 2.05. The molecule has 1 heterocycles. The number of nitrogens with zero attached hydrogens (tertiary/aromatic N) is 2. The Morgan fingerprint density at radius 2 is 1.00 bits per heavy atom. The molecule has 0 saturated carbocycles. The van der Waals surface area contributed by atoms with Crippen molar-refractivity contribution < 1.29 is 0 Å². The maximum atomic E-state index is 12.2. The number of aromatic nitrogens is 2. The van der Waals surface area contributed by atoms with E-state index in [4.69, 9.17) is 10.5 Å². The van der Waals surface area contributed by atoms with Crippen molar-refractivity contribution in [3.8, 4) is 12.1 Å². The predicted octanol–water partition coefficient (Wildman–Crippen LogP) is 0.464. The molecule has 0 bridgehead atoms. The van der Waals surface area contributed by atoms with Crippen LogP contribution in [0.3, 0.4) is 0 Å². The number of rotatable bonds is 2. The highest BCUT2D eigenvalue weighted by molar-refractivity contribution is 5.51. The minimum atomic E-state index is -0.436. The van der Waals surface area contributed by atoms with Gasteiger partial charge < -0.3 is 9.97 Å². The normalized spacial score (nSPS) is 11.8. The molecule has 26 heavy (non-hydrogen) atoms. The van der Waals surface area contributed by atoms with Crippen molar-refractivity contribution in [2.24, 2.45) is 0 Å². The Hall–Kier alpha value is -4.16. The van der Waals surface area contributed by atoms with Gasteiger partial charge >= 0.3 is 0 Å². The van der Waals surface area contributed by atoms with Crippen molar-refractivity contribution in [1.29, 1.82) is 10.5 Å². The molecule has 0 fully saturated rings. The monoisotopic (exact) mass is 340 g/mol. The van der Waals surface area contributed by atoms with Gasteiger partial charge in [0.05, 0.1) is 23.3 Å². The minimum absolute atomic E-state index is 0.122. The van der Waals surface area contributed by atoms with Crippen molar-refractivity contribution in [3.05, 3.63) is 102 Å². The second kappa shape index (κ2) is 7.16. The molecule has 2 N–H and O–H groups in total. The first kappa shape index (κ1) is 16.7. The molecule has 124 valence electrons. The van der Waals surface area contributed by atoms with Crippen LogP contribution in [-0.4, -0.2) is 9.97 Å².